The predicted octanol–water partition coefficient (Wildman–Crippen LogP) is 5.07. The Labute approximate surface area is 144 Å². The normalized spacial score (nSPS) is 16.9. The predicted molar refractivity (Wildman–Crippen MR) is 90.2 cm³/mol. The number of carbonyl (C=O) groups excluding carboxylic acids is 1. The van der Waals surface area contributed by atoms with Crippen LogP contribution in [0.4, 0.5) is 18.9 Å². The first-order valence-electron chi connectivity index (χ1n) is 8.25. The number of fused-ring (bicyclic) bond motifs is 1. The molecular formula is C19H19F3N2O. The first-order chi connectivity index (χ1) is 11.9. The number of unbranched alkanes of at least 4 members (excludes halogenated alkanes) is 1. The van der Waals surface area contributed by atoms with Crippen molar-refractivity contribution in [3.8, 4) is 0 Å². The van der Waals surface area contributed by atoms with Crippen molar-refractivity contribution in [1.29, 1.82) is 0 Å². The van der Waals surface area contributed by atoms with Gasteiger partial charge in [-0.05, 0) is 30.7 Å². The number of benzene rings is 2. The highest BCUT2D eigenvalue weighted by molar-refractivity contribution is 5.99. The van der Waals surface area contributed by atoms with Gasteiger partial charge in [0, 0.05) is 23.4 Å². The van der Waals surface area contributed by atoms with Crippen LogP contribution in [0.5, 0.6) is 0 Å². The summed E-state index contributed by atoms with van der Waals surface area (Å²) in [4.78, 5) is 14.3. The van der Waals surface area contributed by atoms with Crippen LogP contribution in [0.15, 0.2) is 48.5 Å². The van der Waals surface area contributed by atoms with Gasteiger partial charge in [-0.1, -0.05) is 37.6 Å². The minimum absolute atomic E-state index is 0.0893. The molecule has 1 amide bonds. The molecular weight excluding hydrogens is 329 g/mol. The van der Waals surface area contributed by atoms with Gasteiger partial charge in [0.2, 0.25) is 0 Å². The van der Waals surface area contributed by atoms with Gasteiger partial charge in [-0.2, -0.15) is 13.2 Å². The summed E-state index contributed by atoms with van der Waals surface area (Å²) in [6.07, 6.45) is -3.10. The molecule has 1 aliphatic rings. The summed E-state index contributed by atoms with van der Waals surface area (Å²) in [5, 5.41) is 3.10. The third-order valence-corrected chi connectivity index (χ3v) is 4.30. The molecule has 6 heteroatoms. The first kappa shape index (κ1) is 17.3. The number of rotatable bonds is 5. The van der Waals surface area contributed by atoms with E-state index in [1.807, 2.05) is 19.1 Å². The summed E-state index contributed by atoms with van der Waals surface area (Å²) >= 11 is 0. The van der Waals surface area contributed by atoms with Gasteiger partial charge in [-0.3, -0.25) is 4.79 Å². The average molecular weight is 348 g/mol. The second kappa shape index (κ2) is 6.78. The Balaban J connectivity index is 1.92. The lowest BCUT2D eigenvalue weighted by Crippen LogP contribution is -2.33. The van der Waals surface area contributed by atoms with Crippen LogP contribution in [-0.2, 0) is 6.18 Å². The van der Waals surface area contributed by atoms with Gasteiger partial charge >= 0.3 is 6.18 Å². The Morgan fingerprint density at radius 2 is 1.88 bits per heavy atom. The van der Waals surface area contributed by atoms with Gasteiger partial charge in [-0.15, -0.1) is 0 Å². The van der Waals surface area contributed by atoms with Crippen LogP contribution in [0.25, 0.3) is 0 Å². The SMILES string of the molecule is CCCCN1C(=O)c2ccccc2C1Nc1cccc(C(F)(F)F)c1. The van der Waals surface area contributed by atoms with Crippen LogP contribution in [0, 0.1) is 0 Å². The molecule has 1 unspecified atom stereocenters. The molecule has 0 saturated carbocycles. The van der Waals surface area contributed by atoms with E-state index in [2.05, 4.69) is 5.32 Å². The van der Waals surface area contributed by atoms with E-state index >= 15 is 0 Å². The number of anilines is 1. The molecule has 0 saturated heterocycles. The van der Waals surface area contributed by atoms with Crippen LogP contribution in [0.2, 0.25) is 0 Å². The van der Waals surface area contributed by atoms with Crippen molar-refractivity contribution >= 4 is 11.6 Å². The van der Waals surface area contributed by atoms with E-state index in [4.69, 9.17) is 0 Å². The Bertz CT molecular complexity index is 773. The minimum Gasteiger partial charge on any atom is -0.361 e. The molecule has 1 heterocycles. The maximum Gasteiger partial charge on any atom is 0.416 e. The lowest BCUT2D eigenvalue weighted by Gasteiger charge is -2.27. The molecule has 1 N–H and O–H groups in total. The summed E-state index contributed by atoms with van der Waals surface area (Å²) < 4.78 is 38.8. The number of nitrogens with one attached hydrogen (secondary N) is 1. The second-order valence-electron chi connectivity index (χ2n) is 6.06. The maximum absolute atomic E-state index is 12.9. The number of alkyl halides is 3. The third-order valence-electron chi connectivity index (χ3n) is 4.30. The molecule has 25 heavy (non-hydrogen) atoms. The number of amides is 1. The van der Waals surface area contributed by atoms with Gasteiger partial charge < -0.3 is 10.2 Å². The van der Waals surface area contributed by atoms with E-state index in [1.165, 1.54) is 6.07 Å². The van der Waals surface area contributed by atoms with E-state index in [1.54, 1.807) is 23.1 Å². The minimum atomic E-state index is -4.40. The number of nitrogens with zero attached hydrogens (tertiary/aromatic N) is 1. The number of carbonyl (C=O) groups is 1. The molecule has 0 bridgehead atoms. The average Bonchev–Trinajstić information content (AvgIpc) is 2.85. The van der Waals surface area contributed by atoms with Crippen LogP contribution in [0.1, 0.15) is 47.4 Å². The Morgan fingerprint density at radius 3 is 2.60 bits per heavy atom. The molecule has 132 valence electrons. The third kappa shape index (κ3) is 3.48. The Kier molecular flexibility index (Phi) is 4.70. The van der Waals surface area contributed by atoms with Gasteiger partial charge in [0.05, 0.1) is 5.56 Å². The summed E-state index contributed by atoms with van der Waals surface area (Å²) in [5.41, 5.74) is 1.02. The molecule has 0 aliphatic carbocycles. The zero-order chi connectivity index (χ0) is 18.0. The number of hydrogen-bond donors (Lipinski definition) is 1. The van der Waals surface area contributed by atoms with E-state index < -0.39 is 17.9 Å². The van der Waals surface area contributed by atoms with E-state index in [9.17, 15) is 18.0 Å². The lowest BCUT2D eigenvalue weighted by molar-refractivity contribution is -0.137. The van der Waals surface area contributed by atoms with Crippen molar-refractivity contribution in [3.63, 3.8) is 0 Å². The van der Waals surface area contributed by atoms with E-state index in [-0.39, 0.29) is 5.91 Å². The molecule has 3 nitrogen and oxygen atoms in total. The quantitative estimate of drug-likeness (QED) is 0.818. The molecule has 2 aromatic rings. The molecule has 1 aliphatic heterocycles. The topological polar surface area (TPSA) is 32.3 Å². The first-order valence-corrected chi connectivity index (χ1v) is 8.25. The van der Waals surface area contributed by atoms with E-state index in [0.717, 1.165) is 30.5 Å². The Morgan fingerprint density at radius 1 is 1.12 bits per heavy atom. The van der Waals surface area contributed by atoms with Gasteiger partial charge in [0.1, 0.15) is 6.17 Å². The van der Waals surface area contributed by atoms with E-state index in [0.29, 0.717) is 17.8 Å². The zero-order valence-corrected chi connectivity index (χ0v) is 13.8. The van der Waals surface area contributed by atoms with Crippen LogP contribution in [0.3, 0.4) is 0 Å². The number of halogens is 3. The van der Waals surface area contributed by atoms with Crippen molar-refractivity contribution in [3.05, 3.63) is 65.2 Å². The molecule has 0 radical (unpaired) electrons. The molecule has 0 fully saturated rings. The van der Waals surface area contributed by atoms with Crippen LogP contribution >= 0.6 is 0 Å². The van der Waals surface area contributed by atoms with Crippen LogP contribution in [-0.4, -0.2) is 17.4 Å². The van der Waals surface area contributed by atoms with Gasteiger partial charge in [0.25, 0.3) is 5.91 Å². The fraction of sp³-hybridized carbons (Fsp3) is 0.316. The van der Waals surface area contributed by atoms with Crippen molar-refractivity contribution < 1.29 is 18.0 Å². The maximum atomic E-state index is 12.9. The monoisotopic (exact) mass is 348 g/mol. The second-order valence-corrected chi connectivity index (χ2v) is 6.06. The fourth-order valence-corrected chi connectivity index (χ4v) is 3.03. The summed E-state index contributed by atoms with van der Waals surface area (Å²) in [6, 6.07) is 12.3. The Hall–Kier alpha value is -2.50. The highest BCUT2D eigenvalue weighted by atomic mass is 19.4. The summed E-state index contributed by atoms with van der Waals surface area (Å²) in [5.74, 6) is -0.0893. The highest BCUT2D eigenvalue weighted by Gasteiger charge is 2.36. The van der Waals surface area contributed by atoms with Crippen molar-refractivity contribution in [1.82, 2.24) is 4.90 Å². The fourth-order valence-electron chi connectivity index (χ4n) is 3.03. The molecule has 1 atom stereocenters. The van der Waals surface area contributed by atoms with Crippen molar-refractivity contribution in [2.45, 2.75) is 32.1 Å². The van der Waals surface area contributed by atoms with Crippen molar-refractivity contribution in [2.75, 3.05) is 11.9 Å². The summed E-state index contributed by atoms with van der Waals surface area (Å²) in [7, 11) is 0. The lowest BCUT2D eigenvalue weighted by atomic mass is 10.1. The molecule has 0 aromatic heterocycles. The highest BCUT2D eigenvalue weighted by Crippen LogP contribution is 2.36. The molecule has 3 rings (SSSR count). The van der Waals surface area contributed by atoms with Crippen LogP contribution < -0.4 is 5.32 Å². The largest absolute Gasteiger partial charge is 0.416 e. The summed E-state index contributed by atoms with van der Waals surface area (Å²) in [6.45, 7) is 2.59. The molecule has 2 aromatic carbocycles. The molecule has 0 spiro atoms. The zero-order valence-electron chi connectivity index (χ0n) is 13.8. The number of hydrogen-bond acceptors (Lipinski definition) is 2. The standard InChI is InChI=1S/C19H19F3N2O/c1-2-3-11-24-17(15-9-4-5-10-16(15)18(24)25)23-14-8-6-7-13(12-14)19(20,21)22/h4-10,12,17,23H,2-3,11H2,1H3. The smallest absolute Gasteiger partial charge is 0.361 e. The van der Waals surface area contributed by atoms with Gasteiger partial charge in [0.15, 0.2) is 0 Å². The van der Waals surface area contributed by atoms with Gasteiger partial charge in [-0.25, -0.2) is 0 Å². The van der Waals surface area contributed by atoms with Crippen molar-refractivity contribution in [2.24, 2.45) is 0 Å².